The molecule has 0 aromatic carbocycles. The summed E-state index contributed by atoms with van der Waals surface area (Å²) in [6.07, 6.45) is 3.12. The highest BCUT2D eigenvalue weighted by molar-refractivity contribution is 7.46. The first-order valence-electron chi connectivity index (χ1n) is 6.19. The van der Waals surface area contributed by atoms with Crippen molar-refractivity contribution in [3.05, 3.63) is 12.7 Å². The van der Waals surface area contributed by atoms with Gasteiger partial charge in [-0.25, -0.2) is 19.5 Å². The SMILES string of the molecule is Nc1ncnc2c1ncn2[C@@H]1CO[C@H](COP(=O)(O)O)C1. The molecule has 4 N–H and O–H groups in total. The predicted octanol–water partition coefficient (Wildman–Crippen LogP) is -0.152. The Kier molecular flexibility index (Phi) is 3.64. The van der Waals surface area contributed by atoms with Gasteiger partial charge in [-0.15, -0.1) is 0 Å². The van der Waals surface area contributed by atoms with Crippen LogP contribution in [0.1, 0.15) is 12.5 Å². The number of hydrogen-bond acceptors (Lipinski definition) is 7. The summed E-state index contributed by atoms with van der Waals surface area (Å²) in [5.41, 5.74) is 6.85. The van der Waals surface area contributed by atoms with Gasteiger partial charge < -0.3 is 24.8 Å². The van der Waals surface area contributed by atoms with Gasteiger partial charge in [0.05, 0.1) is 31.7 Å². The van der Waals surface area contributed by atoms with Crippen LogP contribution in [0.4, 0.5) is 5.82 Å². The molecule has 1 aliphatic rings. The minimum Gasteiger partial charge on any atom is -0.382 e. The zero-order valence-corrected chi connectivity index (χ0v) is 11.8. The molecule has 0 amide bonds. The average molecular weight is 315 g/mol. The third-order valence-electron chi connectivity index (χ3n) is 3.27. The molecule has 21 heavy (non-hydrogen) atoms. The van der Waals surface area contributed by atoms with Gasteiger partial charge in [0.25, 0.3) is 0 Å². The first-order valence-corrected chi connectivity index (χ1v) is 7.72. The summed E-state index contributed by atoms with van der Waals surface area (Å²) in [5, 5.41) is 0. The molecule has 1 fully saturated rings. The molecule has 3 rings (SSSR count). The van der Waals surface area contributed by atoms with E-state index < -0.39 is 7.82 Å². The minimum absolute atomic E-state index is 0.0466. The second-order valence-corrected chi connectivity index (χ2v) is 5.95. The summed E-state index contributed by atoms with van der Waals surface area (Å²) in [4.78, 5) is 29.6. The number of nitrogens with zero attached hydrogens (tertiary/aromatic N) is 4. The Morgan fingerprint density at radius 1 is 1.48 bits per heavy atom. The van der Waals surface area contributed by atoms with Crippen LogP contribution in [0.2, 0.25) is 0 Å². The molecule has 0 bridgehead atoms. The Bertz CT molecular complexity index is 700. The van der Waals surface area contributed by atoms with E-state index in [1.54, 1.807) is 6.33 Å². The molecule has 0 saturated carbocycles. The summed E-state index contributed by atoms with van der Waals surface area (Å²) >= 11 is 0. The second kappa shape index (κ2) is 5.32. The maximum absolute atomic E-state index is 10.7. The number of rotatable bonds is 4. The Hall–Kier alpha value is -1.58. The highest BCUT2D eigenvalue weighted by Gasteiger charge is 2.30. The molecule has 2 aromatic rings. The number of aromatic nitrogens is 4. The molecule has 1 aliphatic heterocycles. The van der Waals surface area contributed by atoms with Gasteiger partial charge in [0.1, 0.15) is 11.8 Å². The third kappa shape index (κ3) is 3.04. The molecule has 0 radical (unpaired) electrons. The van der Waals surface area contributed by atoms with Gasteiger partial charge in [0, 0.05) is 0 Å². The predicted molar refractivity (Wildman–Crippen MR) is 71.1 cm³/mol. The number of ether oxygens (including phenoxy) is 1. The molecule has 114 valence electrons. The van der Waals surface area contributed by atoms with Crippen molar-refractivity contribution in [3.8, 4) is 0 Å². The molecule has 0 spiro atoms. The van der Waals surface area contributed by atoms with Crippen molar-refractivity contribution in [3.63, 3.8) is 0 Å². The van der Waals surface area contributed by atoms with E-state index in [1.165, 1.54) is 6.33 Å². The maximum Gasteiger partial charge on any atom is 0.469 e. The molecule has 1 saturated heterocycles. The summed E-state index contributed by atoms with van der Waals surface area (Å²) in [6, 6.07) is -0.0466. The van der Waals surface area contributed by atoms with Crippen LogP contribution in [0.5, 0.6) is 0 Å². The fourth-order valence-electron chi connectivity index (χ4n) is 2.31. The zero-order valence-electron chi connectivity index (χ0n) is 10.9. The quantitative estimate of drug-likeness (QED) is 0.655. The van der Waals surface area contributed by atoms with Crippen LogP contribution in [0, 0.1) is 0 Å². The van der Waals surface area contributed by atoms with E-state index in [0.29, 0.717) is 30.0 Å². The van der Waals surface area contributed by atoms with Crippen molar-refractivity contribution in [1.29, 1.82) is 0 Å². The smallest absolute Gasteiger partial charge is 0.382 e. The van der Waals surface area contributed by atoms with Crippen molar-refractivity contribution in [2.45, 2.75) is 18.6 Å². The molecule has 3 heterocycles. The van der Waals surface area contributed by atoms with Gasteiger partial charge in [-0.05, 0) is 6.42 Å². The van der Waals surface area contributed by atoms with Crippen molar-refractivity contribution >= 4 is 24.8 Å². The Morgan fingerprint density at radius 2 is 2.29 bits per heavy atom. The lowest BCUT2D eigenvalue weighted by atomic mass is 10.2. The lowest BCUT2D eigenvalue weighted by molar-refractivity contribution is 0.0534. The van der Waals surface area contributed by atoms with Crippen molar-refractivity contribution in [2.24, 2.45) is 0 Å². The van der Waals surface area contributed by atoms with Crippen molar-refractivity contribution in [2.75, 3.05) is 18.9 Å². The summed E-state index contributed by atoms with van der Waals surface area (Å²) in [7, 11) is -4.48. The molecule has 2 aromatic heterocycles. The number of hydrogen-bond donors (Lipinski definition) is 3. The van der Waals surface area contributed by atoms with Gasteiger partial charge >= 0.3 is 7.82 Å². The second-order valence-electron chi connectivity index (χ2n) is 4.71. The third-order valence-corrected chi connectivity index (χ3v) is 3.75. The molecule has 0 aliphatic carbocycles. The van der Waals surface area contributed by atoms with Gasteiger partial charge in [-0.3, -0.25) is 4.52 Å². The van der Waals surface area contributed by atoms with Crippen molar-refractivity contribution in [1.82, 2.24) is 19.5 Å². The molecule has 10 nitrogen and oxygen atoms in total. The van der Waals surface area contributed by atoms with Crippen LogP contribution in [0.25, 0.3) is 11.2 Å². The van der Waals surface area contributed by atoms with Crippen LogP contribution < -0.4 is 5.73 Å². The number of fused-ring (bicyclic) bond motifs is 1. The number of nitrogens with two attached hydrogens (primary N) is 1. The lowest BCUT2D eigenvalue weighted by Gasteiger charge is -2.11. The highest BCUT2D eigenvalue weighted by atomic mass is 31.2. The van der Waals surface area contributed by atoms with Crippen molar-refractivity contribution < 1.29 is 23.6 Å². The fraction of sp³-hybridized carbons (Fsp3) is 0.500. The Morgan fingerprint density at radius 3 is 3.05 bits per heavy atom. The van der Waals surface area contributed by atoms with E-state index in [2.05, 4.69) is 19.5 Å². The van der Waals surface area contributed by atoms with E-state index in [4.69, 9.17) is 20.3 Å². The van der Waals surface area contributed by atoms with Crippen LogP contribution >= 0.6 is 7.82 Å². The van der Waals surface area contributed by atoms with E-state index in [1.807, 2.05) is 4.57 Å². The first kappa shape index (κ1) is 14.4. The summed E-state index contributed by atoms with van der Waals surface area (Å²) < 4.78 is 22.4. The van der Waals surface area contributed by atoms with E-state index in [-0.39, 0.29) is 18.8 Å². The van der Waals surface area contributed by atoms with Gasteiger partial charge in [-0.2, -0.15) is 0 Å². The fourth-order valence-corrected chi connectivity index (χ4v) is 2.67. The lowest BCUT2D eigenvalue weighted by Crippen LogP contribution is -2.14. The maximum atomic E-state index is 10.7. The number of anilines is 1. The van der Waals surface area contributed by atoms with Crippen LogP contribution in [0.3, 0.4) is 0 Å². The van der Waals surface area contributed by atoms with E-state index in [0.717, 1.165) is 0 Å². The number of phosphoric acid groups is 1. The number of phosphoric ester groups is 1. The van der Waals surface area contributed by atoms with Gasteiger partial charge in [-0.1, -0.05) is 0 Å². The average Bonchev–Trinajstić information content (AvgIpc) is 3.02. The summed E-state index contributed by atoms with van der Waals surface area (Å²) in [6.45, 7) is 0.217. The van der Waals surface area contributed by atoms with Gasteiger partial charge in [0.2, 0.25) is 0 Å². The minimum atomic E-state index is -4.48. The monoisotopic (exact) mass is 315 g/mol. The molecular weight excluding hydrogens is 301 g/mol. The molecule has 0 unspecified atom stereocenters. The largest absolute Gasteiger partial charge is 0.469 e. The number of nitrogen functional groups attached to an aromatic ring is 1. The molecule has 11 heteroatoms. The van der Waals surface area contributed by atoms with Gasteiger partial charge in [0.15, 0.2) is 11.5 Å². The standard InChI is InChI=1S/C10H14N5O5P/c11-9-8-10(13-4-12-9)15(5-14-8)6-1-7(19-2-6)3-20-21(16,17)18/h4-7H,1-3H2,(H2,11,12,13)(H2,16,17,18)/t6-,7-/m0/s1. The Balaban J connectivity index is 1.73. The van der Waals surface area contributed by atoms with E-state index in [9.17, 15) is 4.57 Å². The van der Waals surface area contributed by atoms with Crippen LogP contribution in [-0.4, -0.2) is 48.6 Å². The normalized spacial score (nSPS) is 23.0. The summed E-state index contributed by atoms with van der Waals surface area (Å²) in [5.74, 6) is 0.305. The molecular formula is C10H14N5O5P. The topological polar surface area (TPSA) is 146 Å². The van der Waals surface area contributed by atoms with Crippen LogP contribution in [0.15, 0.2) is 12.7 Å². The van der Waals surface area contributed by atoms with Crippen LogP contribution in [-0.2, 0) is 13.8 Å². The highest BCUT2D eigenvalue weighted by Crippen LogP contribution is 2.37. The molecule has 2 atom stereocenters. The Labute approximate surface area is 119 Å². The van der Waals surface area contributed by atoms with E-state index >= 15 is 0 Å². The number of imidazole rings is 1. The zero-order chi connectivity index (χ0) is 15.0. The first-order chi connectivity index (χ1) is 9.94.